The number of rotatable bonds is 0. The average Bonchev–Trinajstić information content (AvgIpc) is 2.79. The van der Waals surface area contributed by atoms with Crippen molar-refractivity contribution in [1.82, 2.24) is 10.3 Å². The molecule has 0 saturated heterocycles. The molecule has 0 radical (unpaired) electrons. The standard InChI is InChI=1S/C15H17ClN2/c16-11-6-3-5-10-14-9-4-1-2-7-12(9)17-8-13(14)18-15(10)11/h3,5-6,9,12,17-18H,1-2,4,7-8H2/t9-,12-/m0/s1. The van der Waals surface area contributed by atoms with Gasteiger partial charge in [-0.25, -0.2) is 0 Å². The number of hydrogen-bond donors (Lipinski definition) is 2. The highest BCUT2D eigenvalue weighted by Crippen LogP contribution is 2.42. The van der Waals surface area contributed by atoms with E-state index in [1.165, 1.54) is 42.3 Å². The van der Waals surface area contributed by atoms with Gasteiger partial charge in [0.15, 0.2) is 0 Å². The maximum Gasteiger partial charge on any atom is 0.0648 e. The van der Waals surface area contributed by atoms with Crippen molar-refractivity contribution in [3.8, 4) is 0 Å². The van der Waals surface area contributed by atoms with Gasteiger partial charge in [-0.1, -0.05) is 36.6 Å². The minimum Gasteiger partial charge on any atom is -0.356 e. The lowest BCUT2D eigenvalue weighted by molar-refractivity contribution is 0.308. The summed E-state index contributed by atoms with van der Waals surface area (Å²) in [7, 11) is 0. The summed E-state index contributed by atoms with van der Waals surface area (Å²) >= 11 is 6.30. The lowest BCUT2D eigenvalue weighted by Crippen LogP contribution is -2.40. The quantitative estimate of drug-likeness (QED) is 0.738. The summed E-state index contributed by atoms with van der Waals surface area (Å²) in [4.78, 5) is 3.52. The number of aromatic amines is 1. The molecule has 1 aliphatic carbocycles. The van der Waals surface area contributed by atoms with E-state index in [9.17, 15) is 0 Å². The second-order valence-electron chi connectivity index (χ2n) is 5.56. The smallest absolute Gasteiger partial charge is 0.0648 e. The topological polar surface area (TPSA) is 27.8 Å². The van der Waals surface area contributed by atoms with Crippen LogP contribution in [0.4, 0.5) is 0 Å². The van der Waals surface area contributed by atoms with Crippen molar-refractivity contribution >= 4 is 22.5 Å². The van der Waals surface area contributed by atoms with Gasteiger partial charge in [0.25, 0.3) is 0 Å². The zero-order valence-corrected chi connectivity index (χ0v) is 11.1. The molecule has 0 spiro atoms. The number of nitrogens with one attached hydrogen (secondary N) is 2. The maximum absolute atomic E-state index is 6.30. The Morgan fingerprint density at radius 2 is 2.06 bits per heavy atom. The molecule has 1 aromatic carbocycles. The monoisotopic (exact) mass is 260 g/mol. The molecular weight excluding hydrogens is 244 g/mol. The molecule has 2 aliphatic rings. The van der Waals surface area contributed by atoms with Crippen molar-refractivity contribution in [3.05, 3.63) is 34.5 Å². The highest BCUT2D eigenvalue weighted by Gasteiger charge is 2.33. The number of halogens is 1. The number of para-hydroxylation sites is 1. The fraction of sp³-hybridized carbons (Fsp3) is 0.467. The number of H-pyrrole nitrogens is 1. The summed E-state index contributed by atoms with van der Waals surface area (Å²) in [5.41, 5.74) is 4.01. The Hall–Kier alpha value is -0.990. The SMILES string of the molecule is Clc1cccc2c3c([nH]c12)CN[C@H]1CCCC[C@H]31. The van der Waals surface area contributed by atoms with Gasteiger partial charge in [0.1, 0.15) is 0 Å². The molecule has 18 heavy (non-hydrogen) atoms. The summed E-state index contributed by atoms with van der Waals surface area (Å²) in [6.07, 6.45) is 5.35. The lowest BCUT2D eigenvalue weighted by atomic mass is 9.77. The molecule has 1 saturated carbocycles. The Morgan fingerprint density at radius 3 is 3.00 bits per heavy atom. The Kier molecular flexibility index (Phi) is 2.42. The third kappa shape index (κ3) is 1.45. The van der Waals surface area contributed by atoms with E-state index in [-0.39, 0.29) is 0 Å². The summed E-state index contributed by atoms with van der Waals surface area (Å²) in [6, 6.07) is 6.92. The molecule has 0 unspecified atom stereocenters. The molecule has 0 bridgehead atoms. The van der Waals surface area contributed by atoms with Crippen LogP contribution in [0.3, 0.4) is 0 Å². The molecule has 2 nitrogen and oxygen atoms in total. The molecule has 1 aliphatic heterocycles. The van der Waals surface area contributed by atoms with Gasteiger partial charge in [-0.15, -0.1) is 0 Å². The van der Waals surface area contributed by atoms with Gasteiger partial charge in [0.2, 0.25) is 0 Å². The fourth-order valence-corrected chi connectivity index (χ4v) is 4.00. The number of aromatic nitrogens is 1. The Morgan fingerprint density at radius 1 is 1.17 bits per heavy atom. The van der Waals surface area contributed by atoms with Crippen molar-refractivity contribution in [2.24, 2.45) is 0 Å². The van der Waals surface area contributed by atoms with Crippen molar-refractivity contribution in [2.45, 2.75) is 44.2 Å². The summed E-state index contributed by atoms with van der Waals surface area (Å²) in [5.74, 6) is 0.676. The zero-order chi connectivity index (χ0) is 12.1. The van der Waals surface area contributed by atoms with E-state index in [1.54, 1.807) is 0 Å². The zero-order valence-electron chi connectivity index (χ0n) is 10.3. The molecular formula is C15H17ClN2. The van der Waals surface area contributed by atoms with Crippen LogP contribution in [0, 0.1) is 0 Å². The molecule has 94 valence electrons. The van der Waals surface area contributed by atoms with Gasteiger partial charge in [-0.05, 0) is 24.5 Å². The summed E-state index contributed by atoms with van der Waals surface area (Å²) in [6.45, 7) is 0.960. The van der Waals surface area contributed by atoms with Crippen molar-refractivity contribution in [3.63, 3.8) is 0 Å². The highest BCUT2D eigenvalue weighted by atomic mass is 35.5. The lowest BCUT2D eigenvalue weighted by Gasteiger charge is -2.36. The summed E-state index contributed by atoms with van der Waals surface area (Å²) < 4.78 is 0. The van der Waals surface area contributed by atoms with Gasteiger partial charge < -0.3 is 10.3 Å². The molecule has 2 heterocycles. The van der Waals surface area contributed by atoms with Crippen LogP contribution in [0.25, 0.3) is 10.9 Å². The van der Waals surface area contributed by atoms with E-state index in [2.05, 4.69) is 22.4 Å². The van der Waals surface area contributed by atoms with Gasteiger partial charge in [-0.3, -0.25) is 0 Å². The number of hydrogen-bond acceptors (Lipinski definition) is 1. The van der Waals surface area contributed by atoms with Crippen LogP contribution >= 0.6 is 11.6 Å². The highest BCUT2D eigenvalue weighted by molar-refractivity contribution is 6.35. The van der Waals surface area contributed by atoms with Crippen molar-refractivity contribution in [1.29, 1.82) is 0 Å². The minimum atomic E-state index is 0.671. The third-order valence-corrected chi connectivity index (χ3v) is 4.90. The largest absolute Gasteiger partial charge is 0.356 e. The normalized spacial score (nSPS) is 26.9. The predicted molar refractivity (Wildman–Crippen MR) is 75.1 cm³/mol. The van der Waals surface area contributed by atoms with Crippen LogP contribution in [0.5, 0.6) is 0 Å². The molecule has 1 fully saturated rings. The molecule has 2 N–H and O–H groups in total. The van der Waals surface area contributed by atoms with E-state index in [4.69, 9.17) is 11.6 Å². The first-order chi connectivity index (χ1) is 8.84. The minimum absolute atomic E-state index is 0.671. The van der Waals surface area contributed by atoms with E-state index in [0.717, 1.165) is 17.1 Å². The van der Waals surface area contributed by atoms with Crippen LogP contribution < -0.4 is 5.32 Å². The second-order valence-corrected chi connectivity index (χ2v) is 5.97. The predicted octanol–water partition coefficient (Wildman–Crippen LogP) is 3.95. The first-order valence-corrected chi connectivity index (χ1v) is 7.25. The van der Waals surface area contributed by atoms with Gasteiger partial charge in [-0.2, -0.15) is 0 Å². The van der Waals surface area contributed by atoms with Crippen LogP contribution in [-0.4, -0.2) is 11.0 Å². The number of benzene rings is 1. The van der Waals surface area contributed by atoms with Gasteiger partial charge in [0, 0.05) is 29.6 Å². The van der Waals surface area contributed by atoms with Crippen LogP contribution in [0.15, 0.2) is 18.2 Å². The van der Waals surface area contributed by atoms with E-state index in [1.807, 2.05) is 6.07 Å². The molecule has 1 aromatic heterocycles. The first kappa shape index (κ1) is 10.9. The molecule has 2 aromatic rings. The van der Waals surface area contributed by atoms with E-state index in [0.29, 0.717) is 12.0 Å². The van der Waals surface area contributed by atoms with Crippen molar-refractivity contribution in [2.75, 3.05) is 0 Å². The molecule has 2 atom stereocenters. The average molecular weight is 261 g/mol. The van der Waals surface area contributed by atoms with Crippen LogP contribution in [-0.2, 0) is 6.54 Å². The molecule has 0 amide bonds. The van der Waals surface area contributed by atoms with Gasteiger partial charge >= 0.3 is 0 Å². The Bertz CT molecular complexity index is 602. The van der Waals surface area contributed by atoms with Crippen molar-refractivity contribution < 1.29 is 0 Å². The van der Waals surface area contributed by atoms with E-state index >= 15 is 0 Å². The Labute approximate surface area is 112 Å². The first-order valence-electron chi connectivity index (χ1n) is 6.87. The van der Waals surface area contributed by atoms with Gasteiger partial charge in [0.05, 0.1) is 10.5 Å². The third-order valence-electron chi connectivity index (χ3n) is 4.58. The molecule has 4 rings (SSSR count). The Balaban J connectivity index is 1.94. The molecule has 3 heteroatoms. The maximum atomic E-state index is 6.30. The number of fused-ring (bicyclic) bond motifs is 5. The van der Waals surface area contributed by atoms with E-state index < -0.39 is 0 Å². The van der Waals surface area contributed by atoms with Crippen LogP contribution in [0.2, 0.25) is 5.02 Å². The summed E-state index contributed by atoms with van der Waals surface area (Å²) in [5, 5.41) is 5.87. The van der Waals surface area contributed by atoms with Crippen LogP contribution in [0.1, 0.15) is 42.9 Å². The second kappa shape index (κ2) is 4.01. The fourth-order valence-electron chi connectivity index (χ4n) is 3.77.